The van der Waals surface area contributed by atoms with Crippen molar-refractivity contribution in [3.8, 4) is 5.75 Å². The van der Waals surface area contributed by atoms with Crippen LogP contribution >= 0.6 is 0 Å². The molecule has 0 bridgehead atoms. The maximum atomic E-state index is 12.6. The van der Waals surface area contributed by atoms with Crippen LogP contribution in [0.4, 0.5) is 4.79 Å². The minimum Gasteiger partial charge on any atom is -0.473 e. The zero-order valence-electron chi connectivity index (χ0n) is 20.1. The summed E-state index contributed by atoms with van der Waals surface area (Å²) in [5.74, 6) is 1.89. The lowest BCUT2D eigenvalue weighted by Crippen LogP contribution is -2.50. The Hall–Kier alpha value is -2.83. The summed E-state index contributed by atoms with van der Waals surface area (Å²) >= 11 is 0. The summed E-state index contributed by atoms with van der Waals surface area (Å²) in [6.07, 6.45) is 5.70. The number of nitrogens with zero attached hydrogens (tertiary/aromatic N) is 3. The molecule has 1 aliphatic carbocycles. The van der Waals surface area contributed by atoms with Crippen LogP contribution in [0.15, 0.2) is 47.4 Å². The molecule has 1 spiro atoms. The average Bonchev–Trinajstić information content (AvgIpc) is 3.48. The number of carbonyl (C=O) groups excluding carboxylic acids is 1. The Morgan fingerprint density at radius 2 is 2.06 bits per heavy atom. The van der Waals surface area contributed by atoms with Gasteiger partial charge in [-0.1, -0.05) is 6.58 Å². The number of ether oxygens (including phenoxy) is 3. The van der Waals surface area contributed by atoms with Gasteiger partial charge in [-0.25, -0.2) is 9.79 Å². The molecule has 2 aliphatic rings. The molecule has 2 heterocycles. The van der Waals surface area contributed by atoms with Gasteiger partial charge in [0.2, 0.25) is 5.90 Å². The van der Waals surface area contributed by atoms with Gasteiger partial charge >= 0.3 is 6.09 Å². The quantitative estimate of drug-likeness (QED) is 0.347. The fourth-order valence-electron chi connectivity index (χ4n) is 3.85. The fraction of sp³-hybridized carbons (Fsp3) is 0.560. The van der Waals surface area contributed by atoms with Crippen LogP contribution in [0.3, 0.4) is 0 Å². The van der Waals surface area contributed by atoms with Crippen molar-refractivity contribution >= 4 is 12.0 Å². The Morgan fingerprint density at radius 3 is 2.66 bits per heavy atom. The van der Waals surface area contributed by atoms with Crippen LogP contribution < -0.4 is 4.74 Å². The fourth-order valence-corrected chi connectivity index (χ4v) is 3.85. The molecular weight excluding hydrogens is 406 g/mol. The molecule has 1 amide bonds. The van der Waals surface area contributed by atoms with Crippen molar-refractivity contribution in [3.63, 3.8) is 0 Å². The van der Waals surface area contributed by atoms with Gasteiger partial charge in [0.05, 0.1) is 5.69 Å². The van der Waals surface area contributed by atoms with Crippen molar-refractivity contribution in [2.75, 3.05) is 13.1 Å². The molecule has 0 aromatic carbocycles. The topological polar surface area (TPSA) is 73.2 Å². The molecule has 1 saturated heterocycles. The Kier molecular flexibility index (Phi) is 6.96. The number of pyridine rings is 1. The predicted molar refractivity (Wildman–Crippen MR) is 125 cm³/mol. The monoisotopic (exact) mass is 441 g/mol. The third kappa shape index (κ3) is 5.69. The summed E-state index contributed by atoms with van der Waals surface area (Å²) in [5.41, 5.74) is 1.07. The van der Waals surface area contributed by atoms with Crippen molar-refractivity contribution in [2.24, 2.45) is 10.4 Å². The highest BCUT2D eigenvalue weighted by molar-refractivity contribution is 5.94. The van der Waals surface area contributed by atoms with Crippen LogP contribution in [-0.2, 0) is 9.47 Å². The highest BCUT2D eigenvalue weighted by Gasteiger charge is 2.55. The lowest BCUT2D eigenvalue weighted by Gasteiger charge is -2.39. The van der Waals surface area contributed by atoms with E-state index in [1.807, 2.05) is 58.6 Å². The van der Waals surface area contributed by atoms with Gasteiger partial charge in [-0.05, 0) is 66.5 Å². The SMILES string of the molecule is C=CN=C(OC1CCN(C(=O)OC(C)(C)C)CC12CC2)C(C)=C(C)Oc1cccnc1C. The van der Waals surface area contributed by atoms with E-state index in [0.29, 0.717) is 30.5 Å². The number of amides is 1. The molecule has 174 valence electrons. The van der Waals surface area contributed by atoms with E-state index in [0.717, 1.165) is 30.5 Å². The summed E-state index contributed by atoms with van der Waals surface area (Å²) in [6.45, 7) is 16.4. The largest absolute Gasteiger partial charge is 0.473 e. The Balaban J connectivity index is 1.72. The molecule has 0 radical (unpaired) electrons. The first-order valence-corrected chi connectivity index (χ1v) is 11.2. The number of hydrogen-bond donors (Lipinski definition) is 0. The van der Waals surface area contributed by atoms with Crippen LogP contribution in [0.5, 0.6) is 5.75 Å². The summed E-state index contributed by atoms with van der Waals surface area (Å²) in [4.78, 5) is 23.0. The van der Waals surface area contributed by atoms with E-state index < -0.39 is 5.60 Å². The van der Waals surface area contributed by atoms with Crippen molar-refractivity contribution in [1.29, 1.82) is 0 Å². The number of aromatic nitrogens is 1. The molecule has 1 aromatic rings. The Bertz CT molecular complexity index is 925. The van der Waals surface area contributed by atoms with Crippen LogP contribution in [-0.4, -0.2) is 46.7 Å². The smallest absolute Gasteiger partial charge is 0.410 e. The third-order valence-corrected chi connectivity index (χ3v) is 5.93. The lowest BCUT2D eigenvalue weighted by atomic mass is 9.91. The van der Waals surface area contributed by atoms with Crippen LogP contribution in [0.2, 0.25) is 0 Å². The van der Waals surface area contributed by atoms with Gasteiger partial charge in [-0.3, -0.25) is 4.98 Å². The van der Waals surface area contributed by atoms with Gasteiger partial charge in [0.15, 0.2) is 0 Å². The second-order valence-corrected chi connectivity index (χ2v) is 9.65. The number of aliphatic imine (C=N–C) groups is 1. The summed E-state index contributed by atoms with van der Waals surface area (Å²) < 4.78 is 18.0. The number of likely N-dealkylation sites (tertiary alicyclic amines) is 1. The number of carbonyl (C=O) groups is 1. The van der Waals surface area contributed by atoms with Gasteiger partial charge in [-0.2, -0.15) is 0 Å². The van der Waals surface area contributed by atoms with E-state index in [-0.39, 0.29) is 17.6 Å². The maximum Gasteiger partial charge on any atom is 0.410 e. The summed E-state index contributed by atoms with van der Waals surface area (Å²) in [6, 6.07) is 3.73. The zero-order chi connectivity index (χ0) is 23.5. The number of aryl methyl sites for hydroxylation is 1. The first-order valence-electron chi connectivity index (χ1n) is 11.2. The molecule has 1 aromatic heterocycles. The van der Waals surface area contributed by atoms with Gasteiger partial charge in [0, 0.05) is 42.9 Å². The van der Waals surface area contributed by atoms with E-state index in [2.05, 4.69) is 16.6 Å². The first-order chi connectivity index (χ1) is 15.0. The van der Waals surface area contributed by atoms with E-state index in [4.69, 9.17) is 14.2 Å². The molecule has 1 saturated carbocycles. The molecule has 1 unspecified atom stereocenters. The molecule has 2 fully saturated rings. The minimum atomic E-state index is -0.503. The van der Waals surface area contributed by atoms with Gasteiger partial charge in [-0.15, -0.1) is 0 Å². The minimum absolute atomic E-state index is 0.0252. The van der Waals surface area contributed by atoms with Gasteiger partial charge < -0.3 is 19.1 Å². The van der Waals surface area contributed by atoms with Crippen molar-refractivity contribution in [2.45, 2.75) is 72.5 Å². The van der Waals surface area contributed by atoms with Crippen LogP contribution in [0.1, 0.15) is 59.6 Å². The Morgan fingerprint density at radius 1 is 1.34 bits per heavy atom. The van der Waals surface area contributed by atoms with E-state index >= 15 is 0 Å². The molecule has 32 heavy (non-hydrogen) atoms. The van der Waals surface area contributed by atoms with Crippen LogP contribution in [0, 0.1) is 12.3 Å². The third-order valence-electron chi connectivity index (χ3n) is 5.93. The molecule has 7 nitrogen and oxygen atoms in total. The second kappa shape index (κ2) is 9.35. The van der Waals surface area contributed by atoms with Crippen molar-refractivity contribution in [1.82, 2.24) is 9.88 Å². The van der Waals surface area contributed by atoms with E-state index in [1.54, 1.807) is 6.20 Å². The molecule has 1 atom stereocenters. The highest BCUT2D eigenvalue weighted by Crippen LogP contribution is 2.53. The first kappa shape index (κ1) is 23.8. The van der Waals surface area contributed by atoms with E-state index in [1.165, 1.54) is 6.20 Å². The highest BCUT2D eigenvalue weighted by atomic mass is 16.6. The molecule has 1 aliphatic heterocycles. The average molecular weight is 442 g/mol. The van der Waals surface area contributed by atoms with Crippen LogP contribution in [0.25, 0.3) is 0 Å². The number of rotatable bonds is 5. The number of allylic oxidation sites excluding steroid dienone is 1. The molecular formula is C25H35N3O4. The van der Waals surface area contributed by atoms with Gasteiger partial charge in [0.1, 0.15) is 23.2 Å². The Labute approximate surface area is 191 Å². The second-order valence-electron chi connectivity index (χ2n) is 9.65. The standard InChI is InChI=1S/C25H35N3O4/c1-8-26-22(17(2)19(4)30-20-10-9-14-27-18(20)3)31-21-11-15-28(16-25(21)12-13-25)23(29)32-24(5,6)7/h8-10,14,21H,1,11-13,15-16H2,2-7H3. The van der Waals surface area contributed by atoms with E-state index in [9.17, 15) is 4.79 Å². The maximum absolute atomic E-state index is 12.6. The van der Waals surface area contributed by atoms with Crippen molar-refractivity contribution < 1.29 is 19.0 Å². The molecule has 0 N–H and O–H groups in total. The van der Waals surface area contributed by atoms with Crippen molar-refractivity contribution in [3.05, 3.63) is 48.1 Å². The molecule has 7 heteroatoms. The normalized spacial score (nSPS) is 21.0. The number of hydrogen-bond acceptors (Lipinski definition) is 6. The summed E-state index contributed by atoms with van der Waals surface area (Å²) in [7, 11) is 0. The lowest BCUT2D eigenvalue weighted by molar-refractivity contribution is -0.0115. The predicted octanol–water partition coefficient (Wildman–Crippen LogP) is 5.41. The van der Waals surface area contributed by atoms with Gasteiger partial charge in [0.25, 0.3) is 0 Å². The zero-order valence-corrected chi connectivity index (χ0v) is 20.1. The number of piperidine rings is 1. The molecule has 3 rings (SSSR count). The summed E-state index contributed by atoms with van der Waals surface area (Å²) in [5, 5.41) is 0.